The van der Waals surface area contributed by atoms with Gasteiger partial charge in [0.15, 0.2) is 11.6 Å². The summed E-state index contributed by atoms with van der Waals surface area (Å²) in [6, 6.07) is 4.14. The zero-order valence-electron chi connectivity index (χ0n) is 9.64. The Labute approximate surface area is 101 Å². The highest BCUT2D eigenvalue weighted by molar-refractivity contribution is 5.84. The average molecular weight is 252 g/mol. The molecule has 94 valence electrons. The predicted octanol–water partition coefficient (Wildman–Crippen LogP) is 1.67. The molecule has 1 heterocycles. The normalized spacial score (nSPS) is 10.2. The molecule has 0 N–H and O–H groups in total. The van der Waals surface area contributed by atoms with Crippen LogP contribution in [0, 0.1) is 5.82 Å². The number of carbonyl (C=O) groups is 1. The summed E-state index contributed by atoms with van der Waals surface area (Å²) in [5.74, 6) is -1.47. The largest absolute Gasteiger partial charge is 0.494 e. The smallest absolute Gasteiger partial charge is 0.396 e. The van der Waals surface area contributed by atoms with Crippen LogP contribution in [-0.4, -0.2) is 30.4 Å². The number of nitrogens with zero attached hydrogens (tertiary/aromatic N) is 2. The van der Waals surface area contributed by atoms with Crippen molar-refractivity contribution in [2.45, 2.75) is 0 Å². The van der Waals surface area contributed by atoms with E-state index >= 15 is 0 Å². The zero-order valence-corrected chi connectivity index (χ0v) is 9.64. The number of hydrogen-bond donors (Lipinski definition) is 0. The lowest BCUT2D eigenvalue weighted by Gasteiger charge is -2.01. The molecule has 0 aliphatic rings. The Morgan fingerprint density at radius 3 is 2.72 bits per heavy atom. The number of carbonyl (C=O) groups excluding carboxylic acids is 1. The molecule has 0 bridgehead atoms. The molecule has 7 heteroatoms. The fourth-order valence-corrected chi connectivity index (χ4v) is 1.31. The van der Waals surface area contributed by atoms with Gasteiger partial charge >= 0.3 is 11.9 Å². The molecule has 0 unspecified atom stereocenters. The maximum absolute atomic E-state index is 13.5. The molecule has 0 saturated heterocycles. The predicted molar refractivity (Wildman–Crippen MR) is 57.6 cm³/mol. The minimum Gasteiger partial charge on any atom is -0.494 e. The van der Waals surface area contributed by atoms with Gasteiger partial charge in [-0.3, -0.25) is 0 Å². The fourth-order valence-electron chi connectivity index (χ4n) is 1.31. The van der Waals surface area contributed by atoms with Gasteiger partial charge in [0.2, 0.25) is 5.89 Å². The van der Waals surface area contributed by atoms with Crippen LogP contribution in [0.25, 0.3) is 11.5 Å². The number of rotatable bonds is 3. The van der Waals surface area contributed by atoms with Crippen LogP contribution >= 0.6 is 0 Å². The van der Waals surface area contributed by atoms with Gasteiger partial charge in [-0.1, -0.05) is 0 Å². The van der Waals surface area contributed by atoms with Crippen LogP contribution in [0.3, 0.4) is 0 Å². The molecule has 2 aromatic rings. The van der Waals surface area contributed by atoms with Crippen LogP contribution in [0.1, 0.15) is 10.7 Å². The first-order valence-electron chi connectivity index (χ1n) is 4.91. The highest BCUT2D eigenvalue weighted by Gasteiger charge is 2.17. The molecule has 0 aliphatic heterocycles. The zero-order chi connectivity index (χ0) is 13.1. The number of benzene rings is 1. The van der Waals surface area contributed by atoms with Crippen LogP contribution in [0.15, 0.2) is 22.6 Å². The second-order valence-electron chi connectivity index (χ2n) is 3.25. The third-order valence-electron chi connectivity index (χ3n) is 2.18. The standard InChI is InChI=1S/C11H9FN2O4/c1-16-8-4-3-6(5-7(8)12)9-13-14-10(18-9)11(15)17-2/h3-5H,1-2H3. The van der Waals surface area contributed by atoms with Crippen molar-refractivity contribution in [2.24, 2.45) is 0 Å². The maximum Gasteiger partial charge on any atom is 0.396 e. The van der Waals surface area contributed by atoms with Crippen molar-refractivity contribution >= 4 is 5.97 Å². The number of aromatic nitrogens is 2. The van der Waals surface area contributed by atoms with Crippen molar-refractivity contribution < 1.29 is 23.1 Å². The summed E-state index contributed by atoms with van der Waals surface area (Å²) < 4.78 is 27.7. The third-order valence-corrected chi connectivity index (χ3v) is 2.18. The van der Waals surface area contributed by atoms with Crippen LogP contribution in [0.2, 0.25) is 0 Å². The van der Waals surface area contributed by atoms with Gasteiger partial charge in [0.05, 0.1) is 14.2 Å². The van der Waals surface area contributed by atoms with E-state index in [4.69, 9.17) is 9.15 Å². The van der Waals surface area contributed by atoms with E-state index in [1.165, 1.54) is 32.4 Å². The molecule has 18 heavy (non-hydrogen) atoms. The second-order valence-corrected chi connectivity index (χ2v) is 3.25. The lowest BCUT2D eigenvalue weighted by molar-refractivity contribution is 0.0556. The summed E-state index contributed by atoms with van der Waals surface area (Å²) in [7, 11) is 2.55. The van der Waals surface area contributed by atoms with Gasteiger partial charge in [0.25, 0.3) is 0 Å². The van der Waals surface area contributed by atoms with Gasteiger partial charge in [-0.15, -0.1) is 10.2 Å². The lowest BCUT2D eigenvalue weighted by Crippen LogP contribution is -2.00. The summed E-state index contributed by atoms with van der Waals surface area (Å²) in [4.78, 5) is 11.1. The first-order chi connectivity index (χ1) is 8.65. The van der Waals surface area contributed by atoms with E-state index in [0.29, 0.717) is 5.56 Å². The van der Waals surface area contributed by atoms with Crippen molar-refractivity contribution in [3.63, 3.8) is 0 Å². The van der Waals surface area contributed by atoms with Crippen molar-refractivity contribution in [3.05, 3.63) is 29.9 Å². The Kier molecular flexibility index (Phi) is 3.22. The van der Waals surface area contributed by atoms with E-state index in [2.05, 4.69) is 14.9 Å². The van der Waals surface area contributed by atoms with Gasteiger partial charge in [-0.05, 0) is 18.2 Å². The number of esters is 1. The molecule has 0 aliphatic carbocycles. The molecule has 0 radical (unpaired) electrons. The van der Waals surface area contributed by atoms with Crippen molar-refractivity contribution in [1.29, 1.82) is 0 Å². The molecule has 0 atom stereocenters. The molecule has 0 saturated carbocycles. The van der Waals surface area contributed by atoms with Crippen molar-refractivity contribution in [1.82, 2.24) is 10.2 Å². The first-order valence-corrected chi connectivity index (χ1v) is 4.91. The first kappa shape index (κ1) is 12.0. The number of ether oxygens (including phenoxy) is 2. The van der Waals surface area contributed by atoms with Gasteiger partial charge in [-0.25, -0.2) is 9.18 Å². The fraction of sp³-hybridized carbons (Fsp3) is 0.182. The Morgan fingerprint density at radius 1 is 1.33 bits per heavy atom. The topological polar surface area (TPSA) is 74.5 Å². The quantitative estimate of drug-likeness (QED) is 0.773. The highest BCUT2D eigenvalue weighted by Crippen LogP contribution is 2.24. The third kappa shape index (κ3) is 2.15. The molecule has 1 aromatic heterocycles. The van der Waals surface area contributed by atoms with Crippen LogP contribution in [0.4, 0.5) is 4.39 Å². The van der Waals surface area contributed by atoms with E-state index in [9.17, 15) is 9.18 Å². The summed E-state index contributed by atoms with van der Waals surface area (Å²) in [6.07, 6.45) is 0. The summed E-state index contributed by atoms with van der Waals surface area (Å²) in [6.45, 7) is 0. The van der Waals surface area contributed by atoms with E-state index in [-0.39, 0.29) is 17.5 Å². The highest BCUT2D eigenvalue weighted by atomic mass is 19.1. The Bertz CT molecular complexity index is 582. The SMILES string of the molecule is COC(=O)c1nnc(-c2ccc(OC)c(F)c2)o1. The molecular formula is C11H9FN2O4. The molecule has 6 nitrogen and oxygen atoms in total. The average Bonchev–Trinajstić information content (AvgIpc) is 2.87. The molecule has 2 rings (SSSR count). The van der Waals surface area contributed by atoms with E-state index in [1.54, 1.807) is 0 Å². The Hall–Kier alpha value is -2.44. The van der Waals surface area contributed by atoms with Gasteiger partial charge in [0.1, 0.15) is 0 Å². The molecule has 0 fully saturated rings. The monoisotopic (exact) mass is 252 g/mol. The molecule has 0 amide bonds. The number of hydrogen-bond acceptors (Lipinski definition) is 6. The van der Waals surface area contributed by atoms with Gasteiger partial charge in [0, 0.05) is 5.56 Å². The van der Waals surface area contributed by atoms with E-state index in [1.807, 2.05) is 0 Å². The second kappa shape index (κ2) is 4.82. The summed E-state index contributed by atoms with van der Waals surface area (Å²) in [5, 5.41) is 7.12. The van der Waals surface area contributed by atoms with Crippen molar-refractivity contribution in [3.8, 4) is 17.2 Å². The van der Waals surface area contributed by atoms with E-state index in [0.717, 1.165) is 0 Å². The van der Waals surface area contributed by atoms with Crippen LogP contribution in [-0.2, 0) is 4.74 Å². The number of halogens is 1. The Balaban J connectivity index is 2.34. The van der Waals surface area contributed by atoms with Crippen LogP contribution < -0.4 is 4.74 Å². The maximum atomic E-state index is 13.5. The summed E-state index contributed by atoms with van der Waals surface area (Å²) in [5.41, 5.74) is 0.343. The molecule has 1 aromatic carbocycles. The number of methoxy groups -OCH3 is 2. The van der Waals surface area contributed by atoms with E-state index < -0.39 is 11.8 Å². The minimum absolute atomic E-state index is 0.0250. The lowest BCUT2D eigenvalue weighted by atomic mass is 10.2. The Morgan fingerprint density at radius 2 is 2.11 bits per heavy atom. The summed E-state index contributed by atoms with van der Waals surface area (Å²) >= 11 is 0. The van der Waals surface area contributed by atoms with Gasteiger partial charge < -0.3 is 13.9 Å². The van der Waals surface area contributed by atoms with Gasteiger partial charge in [-0.2, -0.15) is 0 Å². The molecular weight excluding hydrogens is 243 g/mol. The van der Waals surface area contributed by atoms with Crippen molar-refractivity contribution in [2.75, 3.05) is 14.2 Å². The minimum atomic E-state index is -0.747. The molecule has 0 spiro atoms. The van der Waals surface area contributed by atoms with Crippen LogP contribution in [0.5, 0.6) is 5.75 Å².